The number of carbonyl (C=O) groups is 2. The highest BCUT2D eigenvalue weighted by atomic mass is 16.6. The second-order valence-electron chi connectivity index (χ2n) is 4.29. The van der Waals surface area contributed by atoms with Crippen molar-refractivity contribution in [3.8, 4) is 0 Å². The summed E-state index contributed by atoms with van der Waals surface area (Å²) in [6, 6.07) is 0. The van der Waals surface area contributed by atoms with E-state index in [1.54, 1.807) is 11.9 Å². The van der Waals surface area contributed by atoms with E-state index in [1.165, 1.54) is 21.0 Å². The summed E-state index contributed by atoms with van der Waals surface area (Å²) in [5.74, 6) is -1.09. The fourth-order valence-electron chi connectivity index (χ4n) is 1.24. The van der Waals surface area contributed by atoms with Gasteiger partial charge in [-0.2, -0.15) is 0 Å². The Morgan fingerprint density at radius 2 is 1.94 bits per heavy atom. The first-order valence-corrected chi connectivity index (χ1v) is 5.43. The highest BCUT2D eigenvalue weighted by Gasteiger charge is 2.33. The fraction of sp³-hybridized carbons (Fsp3) is 0.818. The molecule has 0 unspecified atom stereocenters. The van der Waals surface area contributed by atoms with Gasteiger partial charge in [-0.15, -0.1) is 0 Å². The molecule has 0 aliphatic rings. The summed E-state index contributed by atoms with van der Waals surface area (Å²) in [5, 5.41) is 8.64. The van der Waals surface area contributed by atoms with Gasteiger partial charge in [-0.25, -0.2) is 4.79 Å². The second kappa shape index (κ2) is 7.24. The molecule has 0 aromatic heterocycles. The number of methoxy groups -OCH3 is 1. The molecular formula is C11H21NO5. The fourth-order valence-corrected chi connectivity index (χ4v) is 1.24. The van der Waals surface area contributed by atoms with Crippen LogP contribution >= 0.6 is 0 Å². The molecule has 1 N–H and O–H groups in total. The number of aliphatic hydroxyl groups is 1. The van der Waals surface area contributed by atoms with Crippen molar-refractivity contribution >= 4 is 11.9 Å². The molecule has 0 atom stereocenters. The number of carbonyl (C=O) groups excluding carboxylic acids is 2. The molecule has 0 aromatic carbocycles. The molecule has 0 aliphatic carbocycles. The Labute approximate surface area is 101 Å². The van der Waals surface area contributed by atoms with Gasteiger partial charge in [0.15, 0.2) is 0 Å². The zero-order valence-electron chi connectivity index (χ0n) is 10.9. The number of esters is 2. The lowest BCUT2D eigenvalue weighted by molar-refractivity contribution is -0.177. The first kappa shape index (κ1) is 15.9. The summed E-state index contributed by atoms with van der Waals surface area (Å²) >= 11 is 0. The van der Waals surface area contributed by atoms with Crippen LogP contribution in [0.15, 0.2) is 0 Å². The maximum absolute atomic E-state index is 11.5. The van der Waals surface area contributed by atoms with Crippen molar-refractivity contribution in [2.45, 2.75) is 25.9 Å². The van der Waals surface area contributed by atoms with Gasteiger partial charge < -0.3 is 14.6 Å². The Morgan fingerprint density at radius 1 is 1.35 bits per heavy atom. The Bertz CT molecular complexity index is 265. The molecule has 0 saturated carbocycles. The summed E-state index contributed by atoms with van der Waals surface area (Å²) in [7, 11) is 2.98. The zero-order chi connectivity index (χ0) is 13.5. The molecule has 100 valence electrons. The normalized spacial score (nSPS) is 11.4. The minimum Gasteiger partial charge on any atom is -0.466 e. The van der Waals surface area contributed by atoms with E-state index in [1.807, 2.05) is 0 Å². The van der Waals surface area contributed by atoms with Crippen LogP contribution in [0.3, 0.4) is 0 Å². The van der Waals surface area contributed by atoms with Gasteiger partial charge in [0, 0.05) is 13.2 Å². The van der Waals surface area contributed by atoms with E-state index in [2.05, 4.69) is 4.74 Å². The molecule has 6 nitrogen and oxygen atoms in total. The molecule has 0 aromatic rings. The van der Waals surface area contributed by atoms with E-state index < -0.39 is 17.5 Å². The molecule has 0 rings (SSSR count). The first-order chi connectivity index (χ1) is 7.83. The minimum atomic E-state index is -1.27. The summed E-state index contributed by atoms with van der Waals surface area (Å²) < 4.78 is 9.55. The van der Waals surface area contributed by atoms with Gasteiger partial charge in [0.2, 0.25) is 5.60 Å². The van der Waals surface area contributed by atoms with E-state index in [4.69, 9.17) is 9.84 Å². The topological polar surface area (TPSA) is 76.1 Å². The lowest BCUT2D eigenvalue weighted by atomic mass is 10.1. The predicted octanol–water partition coefficient (Wildman–Crippen LogP) is -0.205. The number of aliphatic hydroxyl groups excluding tert-OH is 1. The van der Waals surface area contributed by atoms with Crippen molar-refractivity contribution in [2.24, 2.45) is 0 Å². The van der Waals surface area contributed by atoms with E-state index in [0.717, 1.165) is 0 Å². The zero-order valence-corrected chi connectivity index (χ0v) is 10.9. The Morgan fingerprint density at radius 3 is 2.41 bits per heavy atom. The Kier molecular flexibility index (Phi) is 6.75. The van der Waals surface area contributed by atoms with Crippen LogP contribution < -0.4 is 0 Å². The molecule has 0 saturated heterocycles. The maximum Gasteiger partial charge on any atom is 0.349 e. The van der Waals surface area contributed by atoms with Crippen LogP contribution in [0.5, 0.6) is 0 Å². The van der Waals surface area contributed by atoms with E-state index in [-0.39, 0.29) is 13.2 Å². The molecule has 0 heterocycles. The number of hydrogen-bond donors (Lipinski definition) is 1. The third-order valence-corrected chi connectivity index (χ3v) is 2.14. The largest absolute Gasteiger partial charge is 0.466 e. The van der Waals surface area contributed by atoms with Crippen LogP contribution in [0.4, 0.5) is 0 Å². The lowest BCUT2D eigenvalue weighted by Crippen LogP contribution is -2.41. The number of ether oxygens (including phenoxy) is 2. The Hall–Kier alpha value is -1.14. The summed E-state index contributed by atoms with van der Waals surface area (Å²) in [6.07, 6.45) is 0.587. The standard InChI is InChI=1S/C11H21NO5/c1-11(2,10(15)16-4)17-9(14)8-12(3)6-5-7-13/h13H,5-8H2,1-4H3. The number of nitrogens with zero attached hydrogens (tertiary/aromatic N) is 1. The molecule has 0 fully saturated rings. The number of likely N-dealkylation sites (N-methyl/N-ethyl adjacent to an activating group) is 1. The SMILES string of the molecule is COC(=O)C(C)(C)OC(=O)CN(C)CCCO. The van der Waals surface area contributed by atoms with Crippen molar-refractivity contribution < 1.29 is 24.2 Å². The van der Waals surface area contributed by atoms with Gasteiger partial charge in [0.05, 0.1) is 13.7 Å². The van der Waals surface area contributed by atoms with Crippen LogP contribution in [0.1, 0.15) is 20.3 Å². The average molecular weight is 247 g/mol. The smallest absolute Gasteiger partial charge is 0.349 e. The van der Waals surface area contributed by atoms with Crippen LogP contribution in [-0.4, -0.2) is 61.4 Å². The predicted molar refractivity (Wildman–Crippen MR) is 61.4 cm³/mol. The number of hydrogen-bond acceptors (Lipinski definition) is 6. The van der Waals surface area contributed by atoms with E-state index in [9.17, 15) is 9.59 Å². The maximum atomic E-state index is 11.5. The van der Waals surface area contributed by atoms with Gasteiger partial charge >= 0.3 is 11.9 Å². The van der Waals surface area contributed by atoms with Gasteiger partial charge in [0.1, 0.15) is 0 Å². The van der Waals surface area contributed by atoms with Crippen LogP contribution in [-0.2, 0) is 19.1 Å². The van der Waals surface area contributed by atoms with E-state index >= 15 is 0 Å². The molecule has 17 heavy (non-hydrogen) atoms. The third-order valence-electron chi connectivity index (χ3n) is 2.14. The molecule has 0 aliphatic heterocycles. The van der Waals surface area contributed by atoms with Crippen molar-refractivity contribution in [1.82, 2.24) is 4.90 Å². The summed E-state index contributed by atoms with van der Waals surface area (Å²) in [4.78, 5) is 24.5. The van der Waals surface area contributed by atoms with E-state index in [0.29, 0.717) is 13.0 Å². The van der Waals surface area contributed by atoms with Crippen molar-refractivity contribution in [1.29, 1.82) is 0 Å². The second-order valence-corrected chi connectivity index (χ2v) is 4.29. The summed E-state index contributed by atoms with van der Waals surface area (Å²) in [6.45, 7) is 3.69. The molecule has 0 spiro atoms. The van der Waals surface area contributed by atoms with Gasteiger partial charge in [-0.1, -0.05) is 0 Å². The van der Waals surface area contributed by atoms with Crippen molar-refractivity contribution in [3.05, 3.63) is 0 Å². The van der Waals surface area contributed by atoms with Crippen LogP contribution in [0.25, 0.3) is 0 Å². The average Bonchev–Trinajstić information content (AvgIpc) is 2.23. The van der Waals surface area contributed by atoms with Gasteiger partial charge in [-0.3, -0.25) is 9.69 Å². The lowest BCUT2D eigenvalue weighted by Gasteiger charge is -2.23. The Balaban J connectivity index is 4.13. The van der Waals surface area contributed by atoms with Gasteiger partial charge in [-0.05, 0) is 27.3 Å². The van der Waals surface area contributed by atoms with Crippen molar-refractivity contribution in [3.63, 3.8) is 0 Å². The molecular weight excluding hydrogens is 226 g/mol. The number of rotatable bonds is 7. The third kappa shape index (κ3) is 6.23. The monoisotopic (exact) mass is 247 g/mol. The summed E-state index contributed by atoms with van der Waals surface area (Å²) in [5.41, 5.74) is -1.27. The highest BCUT2D eigenvalue weighted by Crippen LogP contribution is 2.11. The molecule has 0 amide bonds. The molecule has 0 radical (unpaired) electrons. The molecule has 0 bridgehead atoms. The van der Waals surface area contributed by atoms with Gasteiger partial charge in [0.25, 0.3) is 0 Å². The highest BCUT2D eigenvalue weighted by molar-refractivity contribution is 5.83. The quantitative estimate of drug-likeness (QED) is 0.628. The first-order valence-electron chi connectivity index (χ1n) is 5.43. The van der Waals surface area contributed by atoms with Crippen LogP contribution in [0.2, 0.25) is 0 Å². The minimum absolute atomic E-state index is 0.0699. The molecule has 6 heteroatoms. The van der Waals surface area contributed by atoms with Crippen LogP contribution in [0, 0.1) is 0 Å². The van der Waals surface area contributed by atoms with Crippen molar-refractivity contribution in [2.75, 3.05) is 33.9 Å².